The molecule has 2 heterocycles. The van der Waals surface area contributed by atoms with Crippen LogP contribution in [0.5, 0.6) is 0 Å². The summed E-state index contributed by atoms with van der Waals surface area (Å²) in [6.45, 7) is 0.339. The summed E-state index contributed by atoms with van der Waals surface area (Å²) in [4.78, 5) is 1.78. The van der Waals surface area contributed by atoms with Gasteiger partial charge in [-0.05, 0) is 6.08 Å². The van der Waals surface area contributed by atoms with Gasteiger partial charge in [0.05, 0.1) is 6.61 Å². The van der Waals surface area contributed by atoms with Crippen LogP contribution in [0.2, 0.25) is 0 Å². The van der Waals surface area contributed by atoms with E-state index in [1.165, 1.54) is 0 Å². The number of rotatable bonds is 2. The fourth-order valence-electron chi connectivity index (χ4n) is 1.83. The number of aliphatic hydroxyl groups is 3. The van der Waals surface area contributed by atoms with Crippen LogP contribution in [-0.2, 0) is 4.74 Å². The minimum Gasteiger partial charge on any atom is -0.394 e. The largest absolute Gasteiger partial charge is 0.394 e. The lowest BCUT2D eigenvalue weighted by Gasteiger charge is -2.29. The first-order valence-corrected chi connectivity index (χ1v) is 4.95. The molecule has 0 amide bonds. The highest BCUT2D eigenvalue weighted by molar-refractivity contribution is 5.10. The van der Waals surface area contributed by atoms with Crippen molar-refractivity contribution in [3.05, 3.63) is 24.4 Å². The van der Waals surface area contributed by atoms with Gasteiger partial charge in [-0.1, -0.05) is 12.2 Å². The number of hydrogen-bond acceptors (Lipinski definition) is 5. The molecule has 4 atom stereocenters. The second-order valence-electron chi connectivity index (χ2n) is 3.70. The number of nitrogens with zero attached hydrogens (tertiary/aromatic N) is 1. The van der Waals surface area contributed by atoms with Gasteiger partial charge < -0.3 is 25.0 Å². The van der Waals surface area contributed by atoms with Crippen molar-refractivity contribution in [3.63, 3.8) is 0 Å². The van der Waals surface area contributed by atoms with Crippen LogP contribution in [0.25, 0.3) is 0 Å². The van der Waals surface area contributed by atoms with Gasteiger partial charge in [0.15, 0.2) is 6.23 Å². The number of ether oxygens (including phenoxy) is 1. The Kier molecular flexibility index (Phi) is 3.06. The van der Waals surface area contributed by atoms with Crippen molar-refractivity contribution in [2.45, 2.75) is 24.5 Å². The molecule has 2 aliphatic heterocycles. The van der Waals surface area contributed by atoms with Crippen LogP contribution in [0.3, 0.4) is 0 Å². The maximum absolute atomic E-state index is 9.73. The predicted molar refractivity (Wildman–Crippen MR) is 52.7 cm³/mol. The van der Waals surface area contributed by atoms with Gasteiger partial charge in [0, 0.05) is 12.7 Å². The third kappa shape index (κ3) is 1.91. The Morgan fingerprint density at radius 1 is 1.27 bits per heavy atom. The summed E-state index contributed by atoms with van der Waals surface area (Å²) in [5, 5.41) is 28.2. The minimum atomic E-state index is -1.03. The first-order chi connectivity index (χ1) is 7.24. The molecule has 0 aromatic carbocycles. The first-order valence-electron chi connectivity index (χ1n) is 4.95. The number of aliphatic hydroxyl groups excluding tert-OH is 3. The molecule has 5 nitrogen and oxygen atoms in total. The van der Waals surface area contributed by atoms with E-state index in [1.54, 1.807) is 11.1 Å². The Balaban J connectivity index is 2.04. The van der Waals surface area contributed by atoms with E-state index < -0.39 is 24.5 Å². The van der Waals surface area contributed by atoms with Gasteiger partial charge in [-0.15, -0.1) is 0 Å². The quantitative estimate of drug-likeness (QED) is 0.538. The lowest BCUT2D eigenvalue weighted by atomic mass is 10.1. The van der Waals surface area contributed by atoms with Crippen molar-refractivity contribution >= 4 is 0 Å². The third-order valence-electron chi connectivity index (χ3n) is 2.68. The molecular formula is C10H15NO4. The van der Waals surface area contributed by atoms with Gasteiger partial charge in [0.1, 0.15) is 18.3 Å². The normalized spacial score (nSPS) is 40.1. The molecule has 84 valence electrons. The monoisotopic (exact) mass is 213 g/mol. The summed E-state index contributed by atoms with van der Waals surface area (Å²) in [6.07, 6.45) is 4.14. The maximum atomic E-state index is 9.73. The van der Waals surface area contributed by atoms with Gasteiger partial charge in [-0.3, -0.25) is 0 Å². The van der Waals surface area contributed by atoms with Crippen molar-refractivity contribution in [1.82, 2.24) is 4.90 Å². The highest BCUT2D eigenvalue weighted by Crippen LogP contribution is 2.24. The van der Waals surface area contributed by atoms with Gasteiger partial charge >= 0.3 is 0 Å². The van der Waals surface area contributed by atoms with Crippen molar-refractivity contribution in [2.75, 3.05) is 13.2 Å². The second-order valence-corrected chi connectivity index (χ2v) is 3.70. The molecule has 0 aromatic heterocycles. The Bertz CT molecular complexity index is 279. The number of allylic oxidation sites excluding steroid dienone is 2. The van der Waals surface area contributed by atoms with Gasteiger partial charge in [0.25, 0.3) is 0 Å². The molecule has 0 aliphatic carbocycles. The van der Waals surface area contributed by atoms with Gasteiger partial charge in [-0.25, -0.2) is 0 Å². The summed E-state index contributed by atoms with van der Waals surface area (Å²) in [7, 11) is 0. The van der Waals surface area contributed by atoms with E-state index in [0.29, 0.717) is 6.54 Å². The molecular weight excluding hydrogens is 198 g/mol. The molecule has 1 saturated heterocycles. The van der Waals surface area contributed by atoms with E-state index >= 15 is 0 Å². The third-order valence-corrected chi connectivity index (χ3v) is 2.68. The molecule has 0 aromatic rings. The Morgan fingerprint density at radius 2 is 2.07 bits per heavy atom. The van der Waals surface area contributed by atoms with Crippen LogP contribution < -0.4 is 0 Å². The molecule has 3 N–H and O–H groups in total. The summed E-state index contributed by atoms with van der Waals surface area (Å²) < 4.78 is 5.37. The summed E-state index contributed by atoms with van der Waals surface area (Å²) >= 11 is 0. The van der Waals surface area contributed by atoms with Crippen LogP contribution in [0.1, 0.15) is 0 Å². The van der Waals surface area contributed by atoms with Crippen LogP contribution in [0.15, 0.2) is 24.4 Å². The zero-order valence-corrected chi connectivity index (χ0v) is 8.23. The molecule has 15 heavy (non-hydrogen) atoms. The lowest BCUT2D eigenvalue weighted by molar-refractivity contribution is -0.0765. The zero-order valence-electron chi connectivity index (χ0n) is 8.23. The molecule has 2 rings (SSSR count). The fraction of sp³-hybridized carbons (Fsp3) is 0.600. The fourth-order valence-corrected chi connectivity index (χ4v) is 1.83. The van der Waals surface area contributed by atoms with Gasteiger partial charge in [-0.2, -0.15) is 0 Å². The number of hydrogen-bond donors (Lipinski definition) is 3. The second kappa shape index (κ2) is 4.32. The van der Waals surface area contributed by atoms with Crippen molar-refractivity contribution in [3.8, 4) is 0 Å². The van der Waals surface area contributed by atoms with Crippen molar-refractivity contribution in [2.24, 2.45) is 0 Å². The lowest BCUT2D eigenvalue weighted by Crippen LogP contribution is -2.42. The van der Waals surface area contributed by atoms with Crippen LogP contribution >= 0.6 is 0 Å². The highest BCUT2D eigenvalue weighted by atomic mass is 16.6. The summed E-state index contributed by atoms with van der Waals surface area (Å²) in [6, 6.07) is 0. The molecule has 1 unspecified atom stereocenters. The van der Waals surface area contributed by atoms with E-state index in [9.17, 15) is 10.2 Å². The predicted octanol–water partition coefficient (Wildman–Crippen LogP) is -1.19. The average Bonchev–Trinajstić information content (AvgIpc) is 2.57. The van der Waals surface area contributed by atoms with Crippen LogP contribution in [0, 0.1) is 0 Å². The van der Waals surface area contributed by atoms with E-state index in [4.69, 9.17) is 9.84 Å². The zero-order chi connectivity index (χ0) is 10.8. The summed E-state index contributed by atoms with van der Waals surface area (Å²) in [5.41, 5.74) is 0. The van der Waals surface area contributed by atoms with Crippen LogP contribution in [0.4, 0.5) is 0 Å². The van der Waals surface area contributed by atoms with Gasteiger partial charge in [0.2, 0.25) is 0 Å². The van der Waals surface area contributed by atoms with E-state index in [2.05, 4.69) is 0 Å². The van der Waals surface area contributed by atoms with E-state index in [1.807, 2.05) is 18.2 Å². The average molecular weight is 213 g/mol. The Morgan fingerprint density at radius 3 is 2.60 bits per heavy atom. The van der Waals surface area contributed by atoms with Crippen molar-refractivity contribution < 1.29 is 20.1 Å². The summed E-state index contributed by atoms with van der Waals surface area (Å²) in [5.74, 6) is 0. The first kappa shape index (κ1) is 10.6. The Labute approximate surface area is 87.9 Å². The maximum Gasteiger partial charge on any atom is 0.159 e. The van der Waals surface area contributed by atoms with E-state index in [0.717, 1.165) is 0 Å². The SMILES string of the molecule is OC[C@H]1OC(N2C=CC=CC2)[C@H](O)[C@@H]1O. The molecule has 0 saturated carbocycles. The van der Waals surface area contributed by atoms with E-state index in [-0.39, 0.29) is 6.61 Å². The molecule has 0 bridgehead atoms. The molecule has 2 aliphatic rings. The molecule has 0 spiro atoms. The smallest absolute Gasteiger partial charge is 0.159 e. The highest BCUT2D eigenvalue weighted by Gasteiger charge is 2.44. The van der Waals surface area contributed by atoms with Crippen molar-refractivity contribution in [1.29, 1.82) is 0 Å². The Hall–Kier alpha value is -0.880. The standard InChI is InChI=1S/C10H15NO4/c12-6-7-8(13)9(14)10(15-7)11-4-2-1-3-5-11/h1-4,7-10,12-14H,5-6H2/t7-,8-,9-,10?/m1/s1. The molecule has 1 fully saturated rings. The molecule has 0 radical (unpaired) electrons. The topological polar surface area (TPSA) is 73.2 Å². The minimum absolute atomic E-state index is 0.290. The van der Waals surface area contributed by atoms with Crippen LogP contribution in [-0.4, -0.2) is 57.9 Å². The molecule has 5 heteroatoms.